The molecule has 0 unspecified atom stereocenters. The molecule has 1 amide bonds. The van der Waals surface area contributed by atoms with E-state index in [-0.39, 0.29) is 23.6 Å². The second kappa shape index (κ2) is 6.16. The fraction of sp³-hybridized carbons (Fsp3) is 0.200. The van der Waals surface area contributed by atoms with Gasteiger partial charge in [0.1, 0.15) is 6.61 Å². The maximum absolute atomic E-state index is 11.8. The van der Waals surface area contributed by atoms with Crippen LogP contribution in [0.5, 0.6) is 0 Å². The number of rotatable bonds is 6. The molecule has 1 aromatic rings. The maximum atomic E-state index is 11.8. The standard InChI is InChI=1S/C10H12N2O6S/c11-10(15)18-5-4-12-19(16,17)8-3-1-2-7(6-8)9(13)14/h1-3,6,12H,4-5H2,(H2,11,15)(H,13,14). The Morgan fingerprint density at radius 2 is 2.05 bits per heavy atom. The van der Waals surface area contributed by atoms with Crippen molar-refractivity contribution in [2.75, 3.05) is 13.2 Å². The van der Waals surface area contributed by atoms with Gasteiger partial charge in [0.05, 0.1) is 10.5 Å². The van der Waals surface area contributed by atoms with Crippen LogP contribution in [0, 0.1) is 0 Å². The third kappa shape index (κ3) is 4.56. The molecule has 9 heteroatoms. The number of carboxylic acid groups (broad SMARTS) is 1. The zero-order chi connectivity index (χ0) is 14.5. The Hall–Kier alpha value is -2.13. The zero-order valence-electron chi connectivity index (χ0n) is 9.70. The third-order valence-electron chi connectivity index (χ3n) is 2.03. The number of amides is 1. The molecule has 0 heterocycles. The van der Waals surface area contributed by atoms with Gasteiger partial charge >= 0.3 is 12.1 Å². The molecule has 0 atom stereocenters. The number of carboxylic acids is 1. The molecule has 0 aliphatic carbocycles. The summed E-state index contributed by atoms with van der Waals surface area (Å²) in [5, 5.41) is 8.76. The van der Waals surface area contributed by atoms with Crippen molar-refractivity contribution in [2.45, 2.75) is 4.90 Å². The highest BCUT2D eigenvalue weighted by Crippen LogP contribution is 2.11. The van der Waals surface area contributed by atoms with Crippen molar-refractivity contribution in [3.8, 4) is 0 Å². The number of nitrogens with one attached hydrogen (secondary N) is 1. The average Bonchev–Trinajstić information content (AvgIpc) is 2.34. The van der Waals surface area contributed by atoms with Gasteiger partial charge in [0.2, 0.25) is 10.0 Å². The van der Waals surface area contributed by atoms with Gasteiger partial charge < -0.3 is 15.6 Å². The van der Waals surface area contributed by atoms with Crippen molar-refractivity contribution >= 4 is 22.1 Å². The Kier molecular flexibility index (Phi) is 4.84. The van der Waals surface area contributed by atoms with Crippen molar-refractivity contribution in [3.63, 3.8) is 0 Å². The van der Waals surface area contributed by atoms with E-state index in [9.17, 15) is 18.0 Å². The highest BCUT2D eigenvalue weighted by Gasteiger charge is 2.15. The van der Waals surface area contributed by atoms with Crippen molar-refractivity contribution in [1.29, 1.82) is 0 Å². The van der Waals surface area contributed by atoms with Gasteiger partial charge in [-0.15, -0.1) is 0 Å². The molecular weight excluding hydrogens is 276 g/mol. The van der Waals surface area contributed by atoms with E-state index in [2.05, 4.69) is 9.46 Å². The lowest BCUT2D eigenvalue weighted by atomic mass is 10.2. The van der Waals surface area contributed by atoms with Crippen LogP contribution >= 0.6 is 0 Å². The van der Waals surface area contributed by atoms with Gasteiger partial charge in [0, 0.05) is 6.54 Å². The molecule has 0 saturated carbocycles. The zero-order valence-corrected chi connectivity index (χ0v) is 10.5. The Labute approximate surface area is 109 Å². The highest BCUT2D eigenvalue weighted by molar-refractivity contribution is 7.89. The summed E-state index contributed by atoms with van der Waals surface area (Å²) in [6.45, 7) is -0.379. The number of hydrogen-bond donors (Lipinski definition) is 3. The SMILES string of the molecule is NC(=O)OCCNS(=O)(=O)c1cccc(C(=O)O)c1. The van der Waals surface area contributed by atoms with Gasteiger partial charge in [-0.1, -0.05) is 6.07 Å². The topological polar surface area (TPSA) is 136 Å². The maximum Gasteiger partial charge on any atom is 0.404 e. The fourth-order valence-electron chi connectivity index (χ4n) is 1.21. The van der Waals surface area contributed by atoms with Gasteiger partial charge in [0.25, 0.3) is 0 Å². The minimum atomic E-state index is -3.86. The first kappa shape index (κ1) is 14.9. The van der Waals surface area contributed by atoms with E-state index in [0.717, 1.165) is 6.07 Å². The molecule has 0 aliphatic rings. The number of aromatic carboxylic acids is 1. The van der Waals surface area contributed by atoms with Crippen molar-refractivity contribution in [2.24, 2.45) is 5.73 Å². The van der Waals surface area contributed by atoms with E-state index in [1.54, 1.807) is 0 Å². The normalized spacial score (nSPS) is 10.9. The van der Waals surface area contributed by atoms with Crippen molar-refractivity contribution in [1.82, 2.24) is 4.72 Å². The molecule has 0 saturated heterocycles. The number of primary amides is 1. The van der Waals surface area contributed by atoms with Crippen LogP contribution in [-0.4, -0.2) is 38.7 Å². The van der Waals surface area contributed by atoms with Crippen LogP contribution in [-0.2, 0) is 14.8 Å². The number of carbonyl (C=O) groups excluding carboxylic acids is 1. The smallest absolute Gasteiger partial charge is 0.404 e. The summed E-state index contributed by atoms with van der Waals surface area (Å²) in [5.41, 5.74) is 4.56. The van der Waals surface area contributed by atoms with E-state index in [1.807, 2.05) is 0 Å². The van der Waals surface area contributed by atoms with E-state index < -0.39 is 22.1 Å². The molecule has 0 radical (unpaired) electrons. The summed E-state index contributed by atoms with van der Waals surface area (Å²) in [6, 6.07) is 4.87. The first-order chi connectivity index (χ1) is 8.83. The van der Waals surface area contributed by atoms with Gasteiger partial charge in [-0.25, -0.2) is 22.7 Å². The van der Waals surface area contributed by atoms with Crippen molar-refractivity contribution < 1.29 is 27.9 Å². The Bertz CT molecular complexity index is 583. The number of hydrogen-bond acceptors (Lipinski definition) is 5. The number of nitrogens with two attached hydrogens (primary N) is 1. The van der Waals surface area contributed by atoms with Gasteiger partial charge in [0.15, 0.2) is 0 Å². The lowest BCUT2D eigenvalue weighted by Gasteiger charge is -2.07. The molecular formula is C10H12N2O6S. The highest BCUT2D eigenvalue weighted by atomic mass is 32.2. The molecule has 0 aromatic heterocycles. The van der Waals surface area contributed by atoms with Crippen LogP contribution in [0.15, 0.2) is 29.2 Å². The molecule has 1 aromatic carbocycles. The van der Waals surface area contributed by atoms with E-state index in [4.69, 9.17) is 10.8 Å². The predicted octanol–water partition coefficient (Wildman–Crippen LogP) is -0.242. The first-order valence-corrected chi connectivity index (χ1v) is 6.56. The number of benzene rings is 1. The molecule has 19 heavy (non-hydrogen) atoms. The minimum absolute atomic E-state index is 0.142. The summed E-state index contributed by atoms with van der Waals surface area (Å²) >= 11 is 0. The predicted molar refractivity (Wildman–Crippen MR) is 64.1 cm³/mol. The lowest BCUT2D eigenvalue weighted by molar-refractivity contribution is 0.0696. The third-order valence-corrected chi connectivity index (χ3v) is 3.49. The largest absolute Gasteiger partial charge is 0.478 e. The van der Waals surface area contributed by atoms with Crippen LogP contribution in [0.4, 0.5) is 4.79 Å². The summed E-state index contributed by atoms with van der Waals surface area (Å²) in [5.74, 6) is -1.23. The van der Waals surface area contributed by atoms with Gasteiger partial charge in [-0.05, 0) is 18.2 Å². The van der Waals surface area contributed by atoms with Crippen LogP contribution in [0.3, 0.4) is 0 Å². The second-order valence-corrected chi connectivity index (χ2v) is 5.17. The first-order valence-electron chi connectivity index (χ1n) is 5.08. The van der Waals surface area contributed by atoms with Crippen molar-refractivity contribution in [3.05, 3.63) is 29.8 Å². The quantitative estimate of drug-likeness (QED) is 0.618. The average molecular weight is 288 g/mol. The fourth-order valence-corrected chi connectivity index (χ4v) is 2.27. The molecule has 4 N–H and O–H groups in total. The number of ether oxygens (including phenoxy) is 1. The Morgan fingerprint density at radius 3 is 2.63 bits per heavy atom. The summed E-state index contributed by atoms with van der Waals surface area (Å²) < 4.78 is 30.0. The van der Waals surface area contributed by atoms with Gasteiger partial charge in [-0.2, -0.15) is 0 Å². The monoisotopic (exact) mass is 288 g/mol. The Balaban J connectivity index is 2.74. The molecule has 0 bridgehead atoms. The molecule has 1 rings (SSSR count). The van der Waals surface area contributed by atoms with Crippen LogP contribution in [0.2, 0.25) is 0 Å². The lowest BCUT2D eigenvalue weighted by Crippen LogP contribution is -2.29. The van der Waals surface area contributed by atoms with Crippen LogP contribution in [0.25, 0.3) is 0 Å². The molecule has 0 fully saturated rings. The second-order valence-electron chi connectivity index (χ2n) is 3.40. The summed E-state index contributed by atoms with van der Waals surface area (Å²) in [4.78, 5) is 20.8. The van der Waals surface area contributed by atoms with E-state index in [1.165, 1.54) is 18.2 Å². The number of sulfonamides is 1. The van der Waals surface area contributed by atoms with E-state index >= 15 is 0 Å². The van der Waals surface area contributed by atoms with Gasteiger partial charge in [-0.3, -0.25) is 0 Å². The summed E-state index contributed by atoms with van der Waals surface area (Å²) in [6.07, 6.45) is -1.01. The molecule has 8 nitrogen and oxygen atoms in total. The molecule has 0 spiro atoms. The van der Waals surface area contributed by atoms with Crippen LogP contribution < -0.4 is 10.5 Å². The van der Waals surface area contributed by atoms with E-state index in [0.29, 0.717) is 0 Å². The minimum Gasteiger partial charge on any atom is -0.478 e. The number of carbonyl (C=O) groups is 2. The molecule has 0 aliphatic heterocycles. The molecule has 104 valence electrons. The summed E-state index contributed by atoms with van der Waals surface area (Å²) in [7, 11) is -3.86. The van der Waals surface area contributed by atoms with Crippen LogP contribution in [0.1, 0.15) is 10.4 Å². The Morgan fingerprint density at radius 1 is 1.37 bits per heavy atom.